The zero-order valence-corrected chi connectivity index (χ0v) is 19.7. The van der Waals surface area contributed by atoms with E-state index in [1.165, 1.54) is 27.6 Å². The van der Waals surface area contributed by atoms with E-state index in [2.05, 4.69) is 93.7 Å². The van der Waals surface area contributed by atoms with Gasteiger partial charge in [0, 0.05) is 42.9 Å². The first-order valence-corrected chi connectivity index (χ1v) is 11.7. The SMILES string of the molecule is CCn1c(C(C)CC=O)nnc1C1Cc2ccccc2C1.CNc1cccc2ccccc12. The molecule has 1 unspecified atom stereocenters. The van der Waals surface area contributed by atoms with Crippen molar-refractivity contribution < 1.29 is 4.79 Å². The molecule has 4 aromatic rings. The van der Waals surface area contributed by atoms with Crippen molar-refractivity contribution >= 4 is 22.7 Å². The van der Waals surface area contributed by atoms with Crippen LogP contribution in [0.2, 0.25) is 0 Å². The Morgan fingerprint density at radius 3 is 2.33 bits per heavy atom. The van der Waals surface area contributed by atoms with E-state index in [0.29, 0.717) is 12.3 Å². The molecule has 5 heteroatoms. The Bertz CT molecular complexity index is 1200. The molecule has 0 spiro atoms. The van der Waals surface area contributed by atoms with Gasteiger partial charge in [-0.3, -0.25) is 0 Å². The highest BCUT2D eigenvalue weighted by atomic mass is 16.1. The topological polar surface area (TPSA) is 59.8 Å². The fraction of sp³-hybridized carbons (Fsp3) is 0.321. The van der Waals surface area contributed by atoms with E-state index >= 15 is 0 Å². The van der Waals surface area contributed by atoms with Gasteiger partial charge in [-0.15, -0.1) is 10.2 Å². The summed E-state index contributed by atoms with van der Waals surface area (Å²) in [5.41, 5.74) is 4.04. The minimum absolute atomic E-state index is 0.132. The summed E-state index contributed by atoms with van der Waals surface area (Å²) in [5.74, 6) is 2.55. The molecule has 0 saturated heterocycles. The minimum Gasteiger partial charge on any atom is -0.388 e. The summed E-state index contributed by atoms with van der Waals surface area (Å²) in [6.07, 6.45) is 3.54. The number of carbonyl (C=O) groups excluding carboxylic acids is 1. The van der Waals surface area contributed by atoms with Crippen molar-refractivity contribution in [2.45, 2.75) is 51.5 Å². The first kappa shape index (κ1) is 22.7. The summed E-state index contributed by atoms with van der Waals surface area (Å²) in [4.78, 5) is 10.7. The highest BCUT2D eigenvalue weighted by Crippen LogP contribution is 2.34. The Hall–Kier alpha value is -3.47. The van der Waals surface area contributed by atoms with Gasteiger partial charge >= 0.3 is 0 Å². The molecule has 1 N–H and O–H groups in total. The van der Waals surface area contributed by atoms with Gasteiger partial charge < -0.3 is 14.7 Å². The van der Waals surface area contributed by atoms with Gasteiger partial charge in [-0.25, -0.2) is 0 Å². The van der Waals surface area contributed by atoms with E-state index in [9.17, 15) is 4.79 Å². The Labute approximate surface area is 195 Å². The highest BCUT2D eigenvalue weighted by Gasteiger charge is 2.28. The van der Waals surface area contributed by atoms with Gasteiger partial charge in [-0.05, 0) is 42.3 Å². The van der Waals surface area contributed by atoms with Crippen LogP contribution in [-0.4, -0.2) is 28.1 Å². The number of rotatable bonds is 6. The van der Waals surface area contributed by atoms with Crippen molar-refractivity contribution in [3.63, 3.8) is 0 Å². The molecule has 170 valence electrons. The smallest absolute Gasteiger partial charge is 0.136 e. The summed E-state index contributed by atoms with van der Waals surface area (Å²) in [5, 5.41) is 14.6. The lowest BCUT2D eigenvalue weighted by Crippen LogP contribution is -2.12. The molecular formula is C28H32N4O. The predicted octanol–water partition coefficient (Wildman–Crippen LogP) is 5.75. The van der Waals surface area contributed by atoms with Gasteiger partial charge in [0.25, 0.3) is 0 Å². The molecule has 0 saturated carbocycles. The van der Waals surface area contributed by atoms with Gasteiger partial charge in [0.05, 0.1) is 0 Å². The zero-order chi connectivity index (χ0) is 23.2. The quantitative estimate of drug-likeness (QED) is 0.388. The lowest BCUT2D eigenvalue weighted by molar-refractivity contribution is -0.108. The van der Waals surface area contributed by atoms with Crippen LogP contribution < -0.4 is 5.32 Å². The van der Waals surface area contributed by atoms with Gasteiger partial charge in [0.1, 0.15) is 17.9 Å². The van der Waals surface area contributed by atoms with Crippen LogP contribution in [-0.2, 0) is 24.2 Å². The summed E-state index contributed by atoms with van der Waals surface area (Å²) in [6, 6.07) is 23.2. The number of nitrogens with one attached hydrogen (secondary N) is 1. The van der Waals surface area contributed by atoms with Crippen molar-refractivity contribution in [2.24, 2.45) is 0 Å². The Morgan fingerprint density at radius 1 is 1.00 bits per heavy atom. The molecule has 0 aliphatic heterocycles. The molecule has 5 rings (SSSR count). The number of nitrogens with zero attached hydrogens (tertiary/aromatic N) is 3. The monoisotopic (exact) mass is 440 g/mol. The molecule has 1 aromatic heterocycles. The highest BCUT2D eigenvalue weighted by molar-refractivity contribution is 5.93. The number of aldehydes is 1. The van der Waals surface area contributed by atoms with Crippen molar-refractivity contribution in [3.8, 4) is 0 Å². The van der Waals surface area contributed by atoms with E-state index < -0.39 is 0 Å². The number of fused-ring (bicyclic) bond motifs is 2. The summed E-state index contributed by atoms with van der Waals surface area (Å²) in [7, 11) is 1.95. The third-order valence-corrected chi connectivity index (χ3v) is 6.49. The lowest BCUT2D eigenvalue weighted by Gasteiger charge is -2.14. The van der Waals surface area contributed by atoms with Gasteiger partial charge in [-0.2, -0.15) is 0 Å². The summed E-state index contributed by atoms with van der Waals surface area (Å²) >= 11 is 0. The van der Waals surface area contributed by atoms with Crippen LogP contribution >= 0.6 is 0 Å². The summed E-state index contributed by atoms with van der Waals surface area (Å²) in [6.45, 7) is 5.01. The average molecular weight is 441 g/mol. The maximum Gasteiger partial charge on any atom is 0.136 e. The number of aromatic nitrogens is 3. The summed E-state index contributed by atoms with van der Waals surface area (Å²) < 4.78 is 2.20. The predicted molar refractivity (Wildman–Crippen MR) is 135 cm³/mol. The van der Waals surface area contributed by atoms with Crippen LogP contribution in [0.15, 0.2) is 66.7 Å². The van der Waals surface area contributed by atoms with E-state index in [1.807, 2.05) is 14.0 Å². The molecular weight excluding hydrogens is 408 g/mol. The lowest BCUT2D eigenvalue weighted by atomic mass is 10.0. The van der Waals surface area contributed by atoms with Crippen LogP contribution in [0.1, 0.15) is 54.9 Å². The Kier molecular flexibility index (Phi) is 7.18. The molecule has 0 radical (unpaired) electrons. The van der Waals surface area contributed by atoms with Crippen LogP contribution in [0.25, 0.3) is 10.8 Å². The second kappa shape index (κ2) is 10.4. The number of anilines is 1. The molecule has 1 aliphatic carbocycles. The average Bonchev–Trinajstić information content (AvgIpc) is 3.48. The van der Waals surface area contributed by atoms with E-state index in [4.69, 9.17) is 0 Å². The molecule has 1 heterocycles. The van der Waals surface area contributed by atoms with Crippen LogP contribution in [0.5, 0.6) is 0 Å². The van der Waals surface area contributed by atoms with E-state index in [0.717, 1.165) is 37.3 Å². The van der Waals surface area contributed by atoms with Crippen LogP contribution in [0, 0.1) is 0 Å². The largest absolute Gasteiger partial charge is 0.388 e. The second-order valence-corrected chi connectivity index (χ2v) is 8.61. The first-order valence-electron chi connectivity index (χ1n) is 11.7. The Balaban J connectivity index is 0.000000183. The molecule has 1 aliphatic rings. The number of benzene rings is 3. The van der Waals surface area contributed by atoms with Gasteiger partial charge in [-0.1, -0.05) is 67.6 Å². The van der Waals surface area contributed by atoms with Crippen molar-refractivity contribution in [1.29, 1.82) is 0 Å². The first-order chi connectivity index (χ1) is 16.2. The molecule has 0 bridgehead atoms. The molecule has 3 aromatic carbocycles. The maximum absolute atomic E-state index is 10.7. The molecule has 1 atom stereocenters. The van der Waals surface area contributed by atoms with Gasteiger partial charge in [0.2, 0.25) is 0 Å². The standard InChI is InChI=1S/C17H21N3O.C11H11N/c1-3-20-16(12(2)8-9-21)18-19-17(20)15-10-13-6-4-5-7-14(13)11-15;1-12-11-8-4-6-9-5-2-3-7-10(9)11/h4-7,9,12,15H,3,8,10-11H2,1-2H3;2-8,12H,1H3. The van der Waals surface area contributed by atoms with Crippen LogP contribution in [0.3, 0.4) is 0 Å². The second-order valence-electron chi connectivity index (χ2n) is 8.61. The molecule has 5 nitrogen and oxygen atoms in total. The number of carbonyl (C=O) groups is 1. The zero-order valence-electron chi connectivity index (χ0n) is 19.7. The van der Waals surface area contributed by atoms with E-state index in [1.54, 1.807) is 0 Å². The minimum atomic E-state index is 0.132. The normalized spacial score (nSPS) is 13.8. The molecule has 33 heavy (non-hydrogen) atoms. The van der Waals surface area contributed by atoms with Crippen molar-refractivity contribution in [3.05, 3.63) is 89.5 Å². The molecule has 0 amide bonds. The van der Waals surface area contributed by atoms with Crippen molar-refractivity contribution in [2.75, 3.05) is 12.4 Å². The third-order valence-electron chi connectivity index (χ3n) is 6.49. The van der Waals surface area contributed by atoms with Crippen molar-refractivity contribution in [1.82, 2.24) is 14.8 Å². The third kappa shape index (κ3) is 4.82. The number of hydrogen-bond donors (Lipinski definition) is 1. The van der Waals surface area contributed by atoms with Crippen LogP contribution in [0.4, 0.5) is 5.69 Å². The fourth-order valence-electron chi connectivity index (χ4n) is 4.75. The van der Waals surface area contributed by atoms with Gasteiger partial charge in [0.15, 0.2) is 0 Å². The molecule has 0 fully saturated rings. The van der Waals surface area contributed by atoms with E-state index in [-0.39, 0.29) is 5.92 Å². The maximum atomic E-state index is 10.7. The fourth-order valence-corrected chi connectivity index (χ4v) is 4.75. The number of hydrogen-bond acceptors (Lipinski definition) is 4. The Morgan fingerprint density at radius 2 is 1.67 bits per heavy atom.